The second-order valence-electron chi connectivity index (χ2n) is 5.42. The van der Waals surface area contributed by atoms with E-state index in [9.17, 15) is 0 Å². The molecule has 0 aliphatic heterocycles. The standard InChI is InChI=1S/C12H23N3/c1-6-7-10-13-11(15-14-10)8-9(2)12(3,4)5/h9H,6-8H2,1-5H3,(H,13,14,15). The van der Waals surface area contributed by atoms with Crippen LogP contribution in [0, 0.1) is 11.3 Å². The Kier molecular flexibility index (Phi) is 3.89. The number of nitrogens with zero attached hydrogens (tertiary/aromatic N) is 2. The number of aromatic nitrogens is 3. The second-order valence-corrected chi connectivity index (χ2v) is 5.42. The Morgan fingerprint density at radius 2 is 2.00 bits per heavy atom. The molecule has 0 saturated heterocycles. The van der Waals surface area contributed by atoms with Gasteiger partial charge in [0.1, 0.15) is 5.82 Å². The van der Waals surface area contributed by atoms with Crippen molar-refractivity contribution >= 4 is 0 Å². The number of rotatable bonds is 4. The smallest absolute Gasteiger partial charge is 0.150 e. The van der Waals surface area contributed by atoms with Crippen molar-refractivity contribution in [3.8, 4) is 0 Å². The molecule has 1 N–H and O–H groups in total. The van der Waals surface area contributed by atoms with E-state index >= 15 is 0 Å². The summed E-state index contributed by atoms with van der Waals surface area (Å²) in [6.07, 6.45) is 3.06. The first-order chi connectivity index (χ1) is 6.93. The molecule has 0 radical (unpaired) electrons. The molecule has 1 unspecified atom stereocenters. The van der Waals surface area contributed by atoms with Crippen molar-refractivity contribution in [3.63, 3.8) is 0 Å². The molecule has 1 heterocycles. The Balaban J connectivity index is 2.57. The molecule has 0 fully saturated rings. The van der Waals surface area contributed by atoms with Gasteiger partial charge < -0.3 is 0 Å². The summed E-state index contributed by atoms with van der Waals surface area (Å²) in [5.41, 5.74) is 0.331. The normalized spacial score (nSPS) is 14.2. The van der Waals surface area contributed by atoms with Crippen LogP contribution in [0.1, 0.15) is 52.7 Å². The lowest BCUT2D eigenvalue weighted by atomic mass is 9.80. The van der Waals surface area contributed by atoms with Crippen LogP contribution in [0.4, 0.5) is 0 Å². The highest BCUT2D eigenvalue weighted by Gasteiger charge is 2.21. The van der Waals surface area contributed by atoms with E-state index in [0.29, 0.717) is 11.3 Å². The molecular weight excluding hydrogens is 186 g/mol. The summed E-state index contributed by atoms with van der Waals surface area (Å²) < 4.78 is 0. The van der Waals surface area contributed by atoms with Gasteiger partial charge in [-0.3, -0.25) is 5.10 Å². The van der Waals surface area contributed by atoms with Gasteiger partial charge in [-0.1, -0.05) is 34.6 Å². The van der Waals surface area contributed by atoms with E-state index in [1.165, 1.54) is 0 Å². The summed E-state index contributed by atoms with van der Waals surface area (Å²) in [5, 5.41) is 7.24. The minimum atomic E-state index is 0.331. The van der Waals surface area contributed by atoms with Crippen LogP contribution >= 0.6 is 0 Å². The molecule has 1 rings (SSSR count). The Morgan fingerprint density at radius 3 is 2.53 bits per heavy atom. The average Bonchev–Trinajstić information content (AvgIpc) is 2.51. The molecule has 0 spiro atoms. The van der Waals surface area contributed by atoms with Crippen LogP contribution in [-0.2, 0) is 12.8 Å². The van der Waals surface area contributed by atoms with E-state index in [1.54, 1.807) is 0 Å². The molecule has 1 aromatic heterocycles. The third-order valence-corrected chi connectivity index (χ3v) is 3.03. The molecule has 1 atom stereocenters. The maximum absolute atomic E-state index is 4.49. The first-order valence-corrected chi connectivity index (χ1v) is 5.83. The van der Waals surface area contributed by atoms with Gasteiger partial charge in [0, 0.05) is 12.8 Å². The minimum absolute atomic E-state index is 0.331. The van der Waals surface area contributed by atoms with Crippen LogP contribution in [0.3, 0.4) is 0 Å². The van der Waals surface area contributed by atoms with E-state index in [-0.39, 0.29) is 0 Å². The van der Waals surface area contributed by atoms with Crippen LogP contribution in [-0.4, -0.2) is 15.2 Å². The number of hydrogen-bond donors (Lipinski definition) is 1. The van der Waals surface area contributed by atoms with Gasteiger partial charge in [0.25, 0.3) is 0 Å². The van der Waals surface area contributed by atoms with Crippen molar-refractivity contribution in [2.75, 3.05) is 0 Å². The van der Waals surface area contributed by atoms with Crippen molar-refractivity contribution in [1.82, 2.24) is 15.2 Å². The largest absolute Gasteiger partial charge is 0.263 e. The Morgan fingerprint density at radius 1 is 1.33 bits per heavy atom. The van der Waals surface area contributed by atoms with E-state index < -0.39 is 0 Å². The average molecular weight is 209 g/mol. The monoisotopic (exact) mass is 209 g/mol. The molecule has 0 saturated carbocycles. The van der Waals surface area contributed by atoms with E-state index in [1.807, 2.05) is 0 Å². The molecule has 0 aromatic carbocycles. The topological polar surface area (TPSA) is 41.6 Å². The molecule has 86 valence electrons. The Bertz CT molecular complexity index is 296. The van der Waals surface area contributed by atoms with E-state index in [2.05, 4.69) is 49.8 Å². The van der Waals surface area contributed by atoms with Crippen molar-refractivity contribution in [2.24, 2.45) is 11.3 Å². The number of aromatic amines is 1. The summed E-state index contributed by atoms with van der Waals surface area (Å²) in [7, 11) is 0. The van der Waals surface area contributed by atoms with Crippen molar-refractivity contribution in [3.05, 3.63) is 11.6 Å². The zero-order valence-corrected chi connectivity index (χ0v) is 10.6. The van der Waals surface area contributed by atoms with Gasteiger partial charge in [-0.2, -0.15) is 5.10 Å². The van der Waals surface area contributed by atoms with Gasteiger partial charge in [0.05, 0.1) is 0 Å². The molecular formula is C12H23N3. The fourth-order valence-corrected chi connectivity index (χ4v) is 1.36. The van der Waals surface area contributed by atoms with Gasteiger partial charge in [-0.05, 0) is 17.8 Å². The fourth-order valence-electron chi connectivity index (χ4n) is 1.36. The number of aryl methyl sites for hydroxylation is 1. The highest BCUT2D eigenvalue weighted by molar-refractivity contribution is 4.93. The zero-order valence-electron chi connectivity index (χ0n) is 10.6. The molecule has 1 aromatic rings. The van der Waals surface area contributed by atoms with Crippen LogP contribution in [0.2, 0.25) is 0 Å². The lowest BCUT2D eigenvalue weighted by molar-refractivity contribution is 0.257. The molecule has 3 nitrogen and oxygen atoms in total. The highest BCUT2D eigenvalue weighted by atomic mass is 15.2. The third-order valence-electron chi connectivity index (χ3n) is 3.03. The lowest BCUT2D eigenvalue weighted by Gasteiger charge is -2.26. The molecule has 0 aliphatic rings. The number of H-pyrrole nitrogens is 1. The maximum atomic E-state index is 4.49. The Labute approximate surface area is 92.7 Å². The Hall–Kier alpha value is -0.860. The molecule has 0 amide bonds. The van der Waals surface area contributed by atoms with Gasteiger partial charge in [0.2, 0.25) is 0 Å². The molecule has 3 heteroatoms. The van der Waals surface area contributed by atoms with Crippen LogP contribution in [0.25, 0.3) is 0 Å². The molecule has 15 heavy (non-hydrogen) atoms. The first kappa shape index (κ1) is 12.2. The SMILES string of the molecule is CCCc1n[nH]c(CC(C)C(C)(C)C)n1. The summed E-state index contributed by atoms with van der Waals surface area (Å²) in [4.78, 5) is 4.49. The third kappa shape index (κ3) is 3.65. The number of nitrogens with one attached hydrogen (secondary N) is 1. The van der Waals surface area contributed by atoms with Crippen LogP contribution < -0.4 is 0 Å². The van der Waals surface area contributed by atoms with Gasteiger partial charge in [-0.25, -0.2) is 4.98 Å². The first-order valence-electron chi connectivity index (χ1n) is 5.83. The second kappa shape index (κ2) is 4.77. The van der Waals surface area contributed by atoms with Crippen molar-refractivity contribution < 1.29 is 0 Å². The minimum Gasteiger partial charge on any atom is -0.263 e. The van der Waals surface area contributed by atoms with Crippen molar-refractivity contribution in [1.29, 1.82) is 0 Å². The van der Waals surface area contributed by atoms with Crippen molar-refractivity contribution in [2.45, 2.75) is 53.9 Å². The van der Waals surface area contributed by atoms with Gasteiger partial charge in [0.15, 0.2) is 5.82 Å². The van der Waals surface area contributed by atoms with Crippen LogP contribution in [0.5, 0.6) is 0 Å². The summed E-state index contributed by atoms with van der Waals surface area (Å²) in [6, 6.07) is 0. The molecule has 0 bridgehead atoms. The summed E-state index contributed by atoms with van der Waals surface area (Å²) in [6.45, 7) is 11.2. The van der Waals surface area contributed by atoms with Crippen LogP contribution in [0.15, 0.2) is 0 Å². The summed E-state index contributed by atoms with van der Waals surface area (Å²) >= 11 is 0. The van der Waals surface area contributed by atoms with Gasteiger partial charge in [-0.15, -0.1) is 0 Å². The van der Waals surface area contributed by atoms with E-state index in [0.717, 1.165) is 30.9 Å². The van der Waals surface area contributed by atoms with Gasteiger partial charge >= 0.3 is 0 Å². The molecule has 0 aliphatic carbocycles. The quantitative estimate of drug-likeness (QED) is 0.828. The van der Waals surface area contributed by atoms with E-state index in [4.69, 9.17) is 0 Å². The maximum Gasteiger partial charge on any atom is 0.150 e. The zero-order chi connectivity index (χ0) is 11.5. The highest BCUT2D eigenvalue weighted by Crippen LogP contribution is 2.27. The number of hydrogen-bond acceptors (Lipinski definition) is 2. The predicted molar refractivity (Wildman–Crippen MR) is 62.7 cm³/mol. The lowest BCUT2D eigenvalue weighted by Crippen LogP contribution is -2.19. The predicted octanol–water partition coefficient (Wildman–Crippen LogP) is 2.98. The fraction of sp³-hybridized carbons (Fsp3) is 0.833. The summed E-state index contributed by atoms with van der Waals surface area (Å²) in [5.74, 6) is 2.59.